The van der Waals surface area contributed by atoms with E-state index in [1.165, 1.54) is 6.08 Å². The van der Waals surface area contributed by atoms with E-state index in [0.29, 0.717) is 6.04 Å². The van der Waals surface area contributed by atoms with Crippen molar-refractivity contribution in [3.8, 4) is 0 Å². The Kier molecular flexibility index (Phi) is 5.58. The van der Waals surface area contributed by atoms with Gasteiger partial charge in [0, 0.05) is 49.7 Å². The molecule has 2 heterocycles. The first-order chi connectivity index (χ1) is 12.5. The number of carbonyl (C=O) groups excluding carboxylic acids is 2. The molecule has 0 atom stereocenters. The van der Waals surface area contributed by atoms with E-state index < -0.39 is 11.8 Å². The van der Waals surface area contributed by atoms with Crippen LogP contribution in [0.2, 0.25) is 0 Å². The third kappa shape index (κ3) is 3.89. The average Bonchev–Trinajstić information content (AvgIpc) is 2.90. The highest BCUT2D eigenvalue weighted by Gasteiger charge is 2.30. The first kappa shape index (κ1) is 18.4. The Morgan fingerprint density at radius 2 is 1.73 bits per heavy atom. The van der Waals surface area contributed by atoms with Crippen LogP contribution in [-0.4, -0.2) is 72.1 Å². The normalized spacial score (nSPS) is 18.7. The predicted molar refractivity (Wildman–Crippen MR) is 101 cm³/mol. The standard InChI is InChI=1S/C19H26N4O3/c1-14(2)21-7-9-22(10-8-21)16-5-3-15(4-6-16)20-17-13-18(25)23(11-12-24)19(17)26/h3-6,13-14,20,24H,7-12H2,1-2H3. The number of carbonyl (C=O) groups is 2. The van der Waals surface area contributed by atoms with Crippen molar-refractivity contribution >= 4 is 23.2 Å². The Labute approximate surface area is 153 Å². The Hall–Kier alpha value is -2.38. The molecule has 26 heavy (non-hydrogen) atoms. The summed E-state index contributed by atoms with van der Waals surface area (Å²) >= 11 is 0. The fourth-order valence-electron chi connectivity index (χ4n) is 3.32. The van der Waals surface area contributed by atoms with Crippen LogP contribution in [0, 0.1) is 0 Å². The molecule has 140 valence electrons. The molecule has 0 aromatic heterocycles. The summed E-state index contributed by atoms with van der Waals surface area (Å²) in [5.41, 5.74) is 2.15. The van der Waals surface area contributed by atoms with Crippen LogP contribution in [-0.2, 0) is 9.59 Å². The highest BCUT2D eigenvalue weighted by molar-refractivity contribution is 6.17. The molecule has 2 amide bonds. The summed E-state index contributed by atoms with van der Waals surface area (Å²) < 4.78 is 0. The lowest BCUT2D eigenvalue weighted by Gasteiger charge is -2.38. The van der Waals surface area contributed by atoms with E-state index in [9.17, 15) is 9.59 Å². The van der Waals surface area contributed by atoms with Crippen molar-refractivity contribution in [1.29, 1.82) is 0 Å². The van der Waals surface area contributed by atoms with Crippen molar-refractivity contribution < 1.29 is 14.7 Å². The minimum Gasteiger partial charge on any atom is -0.395 e. The zero-order valence-corrected chi connectivity index (χ0v) is 15.3. The maximum atomic E-state index is 12.2. The van der Waals surface area contributed by atoms with E-state index in [1.54, 1.807) is 0 Å². The number of β-amino-alcohol motifs (C(OH)–C–C–N with tert-alkyl or cyclic N) is 1. The average molecular weight is 358 g/mol. The maximum Gasteiger partial charge on any atom is 0.277 e. The number of aliphatic hydroxyl groups excluding tert-OH is 1. The smallest absolute Gasteiger partial charge is 0.277 e. The van der Waals surface area contributed by atoms with Gasteiger partial charge in [-0.25, -0.2) is 0 Å². The number of rotatable bonds is 6. The van der Waals surface area contributed by atoms with Crippen molar-refractivity contribution in [3.05, 3.63) is 36.0 Å². The van der Waals surface area contributed by atoms with E-state index in [4.69, 9.17) is 5.11 Å². The first-order valence-electron chi connectivity index (χ1n) is 9.04. The Balaban J connectivity index is 1.60. The van der Waals surface area contributed by atoms with Crippen LogP contribution in [0.4, 0.5) is 11.4 Å². The molecule has 1 aromatic carbocycles. The van der Waals surface area contributed by atoms with Crippen molar-refractivity contribution in [3.63, 3.8) is 0 Å². The number of aliphatic hydroxyl groups is 1. The van der Waals surface area contributed by atoms with Gasteiger partial charge in [-0.05, 0) is 38.1 Å². The van der Waals surface area contributed by atoms with Crippen molar-refractivity contribution in [2.75, 3.05) is 49.5 Å². The molecule has 7 nitrogen and oxygen atoms in total. The zero-order valence-electron chi connectivity index (χ0n) is 15.3. The number of hydrogen-bond donors (Lipinski definition) is 2. The molecule has 0 unspecified atom stereocenters. The molecule has 0 aliphatic carbocycles. The van der Waals surface area contributed by atoms with E-state index in [0.717, 1.165) is 42.5 Å². The molecule has 1 aromatic rings. The van der Waals surface area contributed by atoms with Crippen molar-refractivity contribution in [2.24, 2.45) is 0 Å². The third-order valence-electron chi connectivity index (χ3n) is 4.89. The van der Waals surface area contributed by atoms with Crippen LogP contribution in [0.1, 0.15) is 13.8 Å². The molecule has 0 bridgehead atoms. The molecule has 2 aliphatic heterocycles. The summed E-state index contributed by atoms with van der Waals surface area (Å²) in [6.07, 6.45) is 1.27. The number of benzene rings is 1. The third-order valence-corrected chi connectivity index (χ3v) is 4.89. The highest BCUT2D eigenvalue weighted by Crippen LogP contribution is 2.22. The number of imide groups is 1. The maximum absolute atomic E-state index is 12.2. The molecule has 3 rings (SSSR count). The summed E-state index contributed by atoms with van der Waals surface area (Å²) in [4.78, 5) is 29.8. The summed E-state index contributed by atoms with van der Waals surface area (Å²) in [6, 6.07) is 8.46. The van der Waals surface area contributed by atoms with E-state index in [-0.39, 0.29) is 18.8 Å². The van der Waals surface area contributed by atoms with Gasteiger partial charge in [0.15, 0.2) is 0 Å². The van der Waals surface area contributed by atoms with E-state index in [2.05, 4.69) is 29.0 Å². The second-order valence-electron chi connectivity index (χ2n) is 6.87. The van der Waals surface area contributed by atoms with Gasteiger partial charge in [0.25, 0.3) is 11.8 Å². The van der Waals surface area contributed by atoms with Gasteiger partial charge in [0.2, 0.25) is 0 Å². The molecule has 2 aliphatic rings. The Morgan fingerprint density at radius 1 is 1.08 bits per heavy atom. The van der Waals surface area contributed by atoms with Gasteiger partial charge in [-0.15, -0.1) is 0 Å². The Bertz CT molecular complexity index is 691. The molecular formula is C19H26N4O3. The van der Waals surface area contributed by atoms with Crippen LogP contribution < -0.4 is 10.2 Å². The minimum absolute atomic E-state index is 0.0145. The van der Waals surface area contributed by atoms with Crippen LogP contribution in [0.25, 0.3) is 0 Å². The lowest BCUT2D eigenvalue weighted by Crippen LogP contribution is -2.48. The Morgan fingerprint density at radius 3 is 2.31 bits per heavy atom. The van der Waals surface area contributed by atoms with Crippen LogP contribution in [0.3, 0.4) is 0 Å². The van der Waals surface area contributed by atoms with Gasteiger partial charge in [-0.2, -0.15) is 0 Å². The van der Waals surface area contributed by atoms with E-state index >= 15 is 0 Å². The quantitative estimate of drug-likeness (QED) is 0.735. The van der Waals surface area contributed by atoms with Gasteiger partial charge in [0.1, 0.15) is 5.70 Å². The van der Waals surface area contributed by atoms with Crippen LogP contribution >= 0.6 is 0 Å². The molecule has 7 heteroatoms. The van der Waals surface area contributed by atoms with E-state index in [1.807, 2.05) is 24.3 Å². The van der Waals surface area contributed by atoms with Crippen LogP contribution in [0.15, 0.2) is 36.0 Å². The monoisotopic (exact) mass is 358 g/mol. The lowest BCUT2D eigenvalue weighted by molar-refractivity contribution is -0.137. The SMILES string of the molecule is CC(C)N1CCN(c2ccc(NC3=CC(=O)N(CCO)C3=O)cc2)CC1. The molecule has 1 fully saturated rings. The van der Waals surface area contributed by atoms with Gasteiger partial charge in [-0.1, -0.05) is 0 Å². The minimum atomic E-state index is -0.405. The van der Waals surface area contributed by atoms with Gasteiger partial charge in [-0.3, -0.25) is 19.4 Å². The van der Waals surface area contributed by atoms with Gasteiger partial charge < -0.3 is 15.3 Å². The largest absolute Gasteiger partial charge is 0.395 e. The molecule has 0 radical (unpaired) electrons. The zero-order chi connectivity index (χ0) is 18.7. The number of piperazine rings is 1. The number of nitrogens with zero attached hydrogens (tertiary/aromatic N) is 3. The highest BCUT2D eigenvalue weighted by atomic mass is 16.3. The number of hydrogen-bond acceptors (Lipinski definition) is 6. The fourth-order valence-corrected chi connectivity index (χ4v) is 3.32. The van der Waals surface area contributed by atoms with Crippen molar-refractivity contribution in [1.82, 2.24) is 9.80 Å². The second-order valence-corrected chi connectivity index (χ2v) is 6.87. The van der Waals surface area contributed by atoms with Crippen LogP contribution in [0.5, 0.6) is 0 Å². The number of amides is 2. The summed E-state index contributed by atoms with van der Waals surface area (Å²) in [5, 5.41) is 11.9. The number of nitrogens with one attached hydrogen (secondary N) is 1. The second kappa shape index (κ2) is 7.88. The topological polar surface area (TPSA) is 76.1 Å². The van der Waals surface area contributed by atoms with Gasteiger partial charge in [0.05, 0.1) is 13.2 Å². The van der Waals surface area contributed by atoms with Gasteiger partial charge >= 0.3 is 0 Å². The summed E-state index contributed by atoms with van der Waals surface area (Å²) in [6.45, 7) is 8.34. The number of anilines is 2. The lowest BCUT2D eigenvalue weighted by atomic mass is 10.2. The molecule has 0 spiro atoms. The predicted octanol–water partition coefficient (Wildman–Crippen LogP) is 0.874. The first-order valence-corrected chi connectivity index (χ1v) is 9.04. The molecular weight excluding hydrogens is 332 g/mol. The molecule has 1 saturated heterocycles. The summed E-state index contributed by atoms with van der Waals surface area (Å²) in [5.74, 6) is -0.802. The molecule has 0 saturated carbocycles. The van der Waals surface area contributed by atoms with Crippen molar-refractivity contribution in [2.45, 2.75) is 19.9 Å². The summed E-state index contributed by atoms with van der Waals surface area (Å²) in [7, 11) is 0. The molecule has 2 N–H and O–H groups in total. The fraction of sp³-hybridized carbons (Fsp3) is 0.474.